The van der Waals surface area contributed by atoms with Gasteiger partial charge in [-0.25, -0.2) is 4.79 Å². The molecule has 4 heterocycles. The van der Waals surface area contributed by atoms with Crippen LogP contribution in [-0.2, 0) is 11.8 Å². The number of Topliss-reactive ketones (excluding diaryl/α,β-unsaturated/α-hetero) is 2. The lowest BCUT2D eigenvalue weighted by Gasteiger charge is -2.42. The first-order chi connectivity index (χ1) is 20.6. The first kappa shape index (κ1) is 27.1. The molecule has 13 heteroatoms. The van der Waals surface area contributed by atoms with Crippen molar-refractivity contribution < 1.29 is 33.3 Å². The number of ether oxygens (including phenoxy) is 5. The van der Waals surface area contributed by atoms with Gasteiger partial charge in [0.05, 0.1) is 19.8 Å². The summed E-state index contributed by atoms with van der Waals surface area (Å²) in [6, 6.07) is 6.62. The zero-order valence-corrected chi connectivity index (χ0v) is 24.3. The maximum Gasteiger partial charge on any atom is 0.329 e. The van der Waals surface area contributed by atoms with Gasteiger partial charge >= 0.3 is 5.69 Å². The minimum atomic E-state index is -2.00. The zero-order chi connectivity index (χ0) is 30.4. The summed E-state index contributed by atoms with van der Waals surface area (Å²) in [5.74, 6) is -1.32. The van der Waals surface area contributed by atoms with Crippen LogP contribution in [0.2, 0.25) is 5.02 Å². The van der Waals surface area contributed by atoms with Gasteiger partial charge in [0, 0.05) is 36.2 Å². The van der Waals surface area contributed by atoms with Crippen molar-refractivity contribution >= 4 is 29.0 Å². The summed E-state index contributed by atoms with van der Waals surface area (Å²) in [6.45, 7) is 2.44. The number of anilines is 1. The molecule has 3 aromatic rings. The highest BCUT2D eigenvalue weighted by atomic mass is 35.5. The van der Waals surface area contributed by atoms with Crippen molar-refractivity contribution in [2.75, 3.05) is 32.8 Å². The number of rotatable bonds is 3. The first-order valence-electron chi connectivity index (χ1n) is 13.6. The second-order valence-corrected chi connectivity index (χ2v) is 11.2. The van der Waals surface area contributed by atoms with Crippen LogP contribution in [0.3, 0.4) is 0 Å². The molecular weight excluding hydrogens is 582 g/mol. The van der Waals surface area contributed by atoms with Crippen LogP contribution < -0.4 is 40.3 Å². The summed E-state index contributed by atoms with van der Waals surface area (Å²) < 4.78 is 30.0. The molecule has 222 valence electrons. The molecule has 0 fully saturated rings. The monoisotopic (exact) mass is 607 g/mol. The number of methoxy groups -OCH3 is 2. The molecule has 2 aromatic carbocycles. The number of nitrogens with one attached hydrogen (secondary N) is 2. The summed E-state index contributed by atoms with van der Waals surface area (Å²) >= 11 is 6.60. The van der Waals surface area contributed by atoms with Gasteiger partial charge in [-0.3, -0.25) is 23.9 Å². The summed E-state index contributed by atoms with van der Waals surface area (Å²) in [7, 11) is 4.33. The Morgan fingerprint density at radius 1 is 1.00 bits per heavy atom. The van der Waals surface area contributed by atoms with Crippen molar-refractivity contribution in [1.82, 2.24) is 9.55 Å². The van der Waals surface area contributed by atoms with Crippen molar-refractivity contribution in [1.29, 1.82) is 0 Å². The molecule has 1 aliphatic carbocycles. The van der Waals surface area contributed by atoms with E-state index in [1.54, 1.807) is 25.1 Å². The number of carbonyl (C=O) groups excluding carboxylic acids is 2. The number of hydrogen-bond donors (Lipinski definition) is 2. The van der Waals surface area contributed by atoms with Crippen molar-refractivity contribution in [2.45, 2.75) is 24.9 Å². The maximum absolute atomic E-state index is 14.9. The Kier molecular flexibility index (Phi) is 5.93. The molecule has 0 saturated carbocycles. The molecule has 2 N–H and O–H groups in total. The number of allylic oxidation sites excluding steroid dienone is 1. The minimum absolute atomic E-state index is 0.00703. The number of fused-ring (bicyclic) bond motifs is 3. The van der Waals surface area contributed by atoms with Gasteiger partial charge in [-0.15, -0.1) is 0 Å². The van der Waals surface area contributed by atoms with E-state index in [1.807, 2.05) is 0 Å². The lowest BCUT2D eigenvalue weighted by atomic mass is 9.66. The van der Waals surface area contributed by atoms with Gasteiger partial charge in [-0.1, -0.05) is 24.6 Å². The predicted molar refractivity (Wildman–Crippen MR) is 153 cm³/mol. The van der Waals surface area contributed by atoms with Gasteiger partial charge in [0.15, 0.2) is 17.2 Å². The van der Waals surface area contributed by atoms with Crippen molar-refractivity contribution in [3.05, 3.63) is 78.1 Å². The lowest BCUT2D eigenvalue weighted by Crippen LogP contribution is -2.58. The molecule has 1 spiro atoms. The van der Waals surface area contributed by atoms with E-state index in [2.05, 4.69) is 10.3 Å². The summed E-state index contributed by atoms with van der Waals surface area (Å²) in [5, 5.41) is 3.21. The second kappa shape index (κ2) is 9.40. The van der Waals surface area contributed by atoms with Gasteiger partial charge in [0.25, 0.3) is 5.56 Å². The van der Waals surface area contributed by atoms with Crippen LogP contribution in [0, 0.1) is 5.92 Å². The number of carbonyl (C=O) groups is 2. The maximum atomic E-state index is 14.9. The molecule has 0 radical (unpaired) electrons. The number of H-pyrrole nitrogens is 1. The molecule has 3 atom stereocenters. The summed E-state index contributed by atoms with van der Waals surface area (Å²) in [6.07, 6.45) is 0.180. The second-order valence-electron chi connectivity index (χ2n) is 10.8. The Labute approximate surface area is 249 Å². The highest BCUT2D eigenvalue weighted by Gasteiger charge is 2.63. The van der Waals surface area contributed by atoms with Gasteiger partial charge in [-0.05, 0) is 24.1 Å². The van der Waals surface area contributed by atoms with Crippen LogP contribution in [-0.4, -0.2) is 54.2 Å². The topological polar surface area (TPSA) is 147 Å². The fraction of sp³-hybridized carbons (Fsp3) is 0.333. The van der Waals surface area contributed by atoms with Crippen LogP contribution in [0.5, 0.6) is 28.7 Å². The molecule has 0 bridgehead atoms. The molecule has 3 aliphatic heterocycles. The van der Waals surface area contributed by atoms with E-state index in [9.17, 15) is 19.2 Å². The number of hydrogen-bond acceptors (Lipinski definition) is 10. The summed E-state index contributed by atoms with van der Waals surface area (Å²) in [4.78, 5) is 57.6. The Hall–Kier alpha value is -4.71. The van der Waals surface area contributed by atoms with E-state index in [-0.39, 0.29) is 51.2 Å². The van der Waals surface area contributed by atoms with E-state index in [0.717, 1.165) is 0 Å². The van der Waals surface area contributed by atoms with Crippen LogP contribution >= 0.6 is 11.6 Å². The SMILES string of the molecule is COc1cc(OC)c2c(c1Cl)O[C@@]1(C(=O)C3=C(C[C@H]1C)Nc1c(c(=O)[nH]c(=O)n1C)C3c1ccc3c(c1)OCCO3)C2=O. The largest absolute Gasteiger partial charge is 0.496 e. The van der Waals surface area contributed by atoms with Crippen LogP contribution in [0.25, 0.3) is 0 Å². The minimum Gasteiger partial charge on any atom is -0.496 e. The van der Waals surface area contributed by atoms with E-state index < -0.39 is 40.3 Å². The van der Waals surface area contributed by atoms with Crippen LogP contribution in [0.1, 0.15) is 40.7 Å². The molecule has 7 rings (SSSR count). The molecule has 0 amide bonds. The third-order valence-corrected chi connectivity index (χ3v) is 8.99. The smallest absolute Gasteiger partial charge is 0.329 e. The highest BCUT2D eigenvalue weighted by molar-refractivity contribution is 6.36. The van der Waals surface area contributed by atoms with Crippen molar-refractivity contribution in [3.63, 3.8) is 0 Å². The fourth-order valence-corrected chi connectivity index (χ4v) is 6.80. The van der Waals surface area contributed by atoms with E-state index in [1.165, 1.54) is 31.9 Å². The number of benzene rings is 2. The summed E-state index contributed by atoms with van der Waals surface area (Å²) in [5.41, 5.74) is -1.95. The van der Waals surface area contributed by atoms with E-state index in [0.29, 0.717) is 36.0 Å². The Balaban J connectivity index is 1.46. The average Bonchev–Trinajstić information content (AvgIpc) is 3.32. The van der Waals surface area contributed by atoms with Crippen LogP contribution in [0.4, 0.5) is 5.82 Å². The third kappa shape index (κ3) is 3.56. The standard InChI is InChI=1S/C30H26ClN3O9/c1-12-9-14-20(25(35)30(12)26(36)21-17(39-3)11-18(40-4)23(31)24(21)43-30)19(13-5-6-15-16(10-13)42-8-7-41-15)22-27(32-14)34(2)29(38)33-28(22)37/h5-6,10-12,19,32H,7-9H2,1-4H3,(H,33,37,38)/t12-,19?,30+/m1/s1. The fourth-order valence-electron chi connectivity index (χ4n) is 6.54. The zero-order valence-electron chi connectivity index (χ0n) is 23.6. The van der Waals surface area contributed by atoms with Gasteiger partial charge < -0.3 is 29.0 Å². The molecule has 1 unspecified atom stereocenters. The molecule has 12 nitrogen and oxygen atoms in total. The molecule has 4 aliphatic rings. The number of aromatic amines is 1. The van der Waals surface area contributed by atoms with E-state index in [4.69, 9.17) is 35.3 Å². The van der Waals surface area contributed by atoms with E-state index >= 15 is 0 Å². The van der Waals surface area contributed by atoms with Crippen LogP contribution in [0.15, 0.2) is 45.1 Å². The molecule has 43 heavy (non-hydrogen) atoms. The molecular formula is C30H26ClN3O9. The number of halogens is 1. The first-order valence-corrected chi connectivity index (χ1v) is 14.0. The quantitative estimate of drug-likeness (QED) is 0.426. The lowest BCUT2D eigenvalue weighted by molar-refractivity contribution is -0.130. The van der Waals surface area contributed by atoms with Crippen molar-refractivity contribution in [2.24, 2.45) is 13.0 Å². The Morgan fingerprint density at radius 2 is 1.72 bits per heavy atom. The Morgan fingerprint density at radius 3 is 2.44 bits per heavy atom. The molecule has 1 aromatic heterocycles. The van der Waals surface area contributed by atoms with Gasteiger partial charge in [0.1, 0.15) is 41.1 Å². The normalized spacial score (nSPS) is 23.3. The number of ketones is 2. The number of aromatic nitrogens is 2. The number of nitrogens with zero attached hydrogens (tertiary/aromatic N) is 1. The van der Waals surface area contributed by atoms with Gasteiger partial charge in [0.2, 0.25) is 17.2 Å². The Bertz CT molecular complexity index is 1930. The molecule has 0 saturated heterocycles. The highest BCUT2D eigenvalue weighted by Crippen LogP contribution is 2.56. The average molecular weight is 608 g/mol. The predicted octanol–water partition coefficient (Wildman–Crippen LogP) is 2.95. The van der Waals surface area contributed by atoms with Crippen molar-refractivity contribution in [3.8, 4) is 28.7 Å². The third-order valence-electron chi connectivity index (χ3n) is 8.64. The van der Waals surface area contributed by atoms with Gasteiger partial charge in [-0.2, -0.15) is 0 Å².